The van der Waals surface area contributed by atoms with Gasteiger partial charge in [0, 0.05) is 32.2 Å². The lowest BCUT2D eigenvalue weighted by Gasteiger charge is -2.18. The van der Waals surface area contributed by atoms with Crippen LogP contribution in [0.5, 0.6) is 0 Å². The first kappa shape index (κ1) is 15.3. The number of hydrogen-bond donors (Lipinski definition) is 1. The number of carboxylic acids is 1. The van der Waals surface area contributed by atoms with Gasteiger partial charge in [0.1, 0.15) is 0 Å². The molecule has 0 aromatic heterocycles. The molecule has 1 N–H and O–H groups in total. The smallest absolute Gasteiger partial charge is 0.335 e. The molecule has 1 aliphatic rings. The van der Waals surface area contributed by atoms with Crippen LogP contribution in [0.2, 0.25) is 0 Å². The molecule has 0 bridgehead atoms. The van der Waals surface area contributed by atoms with E-state index in [9.17, 15) is 9.59 Å². The van der Waals surface area contributed by atoms with E-state index in [1.165, 1.54) is 18.2 Å². The fourth-order valence-corrected chi connectivity index (χ4v) is 2.24. The number of benzene rings is 1. The van der Waals surface area contributed by atoms with Crippen LogP contribution in [0.15, 0.2) is 30.3 Å². The van der Waals surface area contributed by atoms with E-state index in [2.05, 4.69) is 0 Å². The first-order chi connectivity index (χ1) is 10.1. The van der Waals surface area contributed by atoms with Crippen molar-refractivity contribution in [2.75, 3.05) is 26.8 Å². The summed E-state index contributed by atoms with van der Waals surface area (Å²) in [4.78, 5) is 24.4. The Bertz CT molecular complexity index is 530. The average molecular weight is 289 g/mol. The Morgan fingerprint density at radius 2 is 2.10 bits per heavy atom. The van der Waals surface area contributed by atoms with Crippen LogP contribution in [0.3, 0.4) is 0 Å². The number of aromatic carboxylic acids is 1. The van der Waals surface area contributed by atoms with Gasteiger partial charge in [-0.05, 0) is 30.2 Å². The Morgan fingerprint density at radius 3 is 2.67 bits per heavy atom. The first-order valence-corrected chi connectivity index (χ1v) is 6.90. The highest BCUT2D eigenvalue weighted by atomic mass is 16.5. The van der Waals surface area contributed by atoms with Crippen molar-refractivity contribution in [1.82, 2.24) is 4.90 Å². The molecule has 2 rings (SSSR count). The number of rotatable bonds is 5. The van der Waals surface area contributed by atoms with Crippen LogP contribution in [0, 0.1) is 5.92 Å². The van der Waals surface area contributed by atoms with Gasteiger partial charge in [0.25, 0.3) is 0 Å². The highest BCUT2D eigenvalue weighted by Crippen LogP contribution is 2.13. The van der Waals surface area contributed by atoms with Crippen molar-refractivity contribution in [2.45, 2.75) is 6.42 Å². The minimum absolute atomic E-state index is 0.0655. The van der Waals surface area contributed by atoms with Crippen molar-refractivity contribution in [1.29, 1.82) is 0 Å². The van der Waals surface area contributed by atoms with Crippen molar-refractivity contribution in [2.24, 2.45) is 5.92 Å². The van der Waals surface area contributed by atoms with E-state index in [0.717, 1.165) is 25.2 Å². The summed E-state index contributed by atoms with van der Waals surface area (Å²) in [5.41, 5.74) is 1.03. The van der Waals surface area contributed by atoms with E-state index in [0.29, 0.717) is 12.5 Å². The Morgan fingerprint density at radius 1 is 1.38 bits per heavy atom. The molecular formula is C16H19NO4. The molecule has 0 radical (unpaired) electrons. The zero-order chi connectivity index (χ0) is 15.2. The number of hydrogen-bond acceptors (Lipinski definition) is 3. The van der Waals surface area contributed by atoms with Gasteiger partial charge >= 0.3 is 5.97 Å². The molecule has 1 unspecified atom stereocenters. The van der Waals surface area contributed by atoms with Gasteiger partial charge in [0.15, 0.2) is 0 Å². The molecule has 1 heterocycles. The summed E-state index contributed by atoms with van der Waals surface area (Å²) in [6.45, 7) is 2.19. The summed E-state index contributed by atoms with van der Waals surface area (Å²) in [6, 6.07) is 6.40. The molecule has 1 aromatic carbocycles. The molecule has 1 fully saturated rings. The summed E-state index contributed by atoms with van der Waals surface area (Å²) >= 11 is 0. The van der Waals surface area contributed by atoms with Gasteiger partial charge in [-0.1, -0.05) is 12.1 Å². The maximum atomic E-state index is 12.0. The highest BCUT2D eigenvalue weighted by Gasteiger charge is 2.18. The third kappa shape index (κ3) is 4.43. The zero-order valence-electron chi connectivity index (χ0n) is 12.0. The fourth-order valence-electron chi connectivity index (χ4n) is 2.24. The Balaban J connectivity index is 1.89. The summed E-state index contributed by atoms with van der Waals surface area (Å²) in [5, 5.41) is 8.81. The maximum Gasteiger partial charge on any atom is 0.335 e. The van der Waals surface area contributed by atoms with Gasteiger partial charge in [-0.25, -0.2) is 4.79 Å². The molecule has 1 amide bonds. The normalized spacial score (nSPS) is 18.0. The summed E-state index contributed by atoms with van der Waals surface area (Å²) < 4.78 is 5.29. The lowest BCUT2D eigenvalue weighted by atomic mass is 10.1. The van der Waals surface area contributed by atoms with Gasteiger partial charge in [0.2, 0.25) is 5.91 Å². The van der Waals surface area contributed by atoms with Gasteiger partial charge in [-0.3, -0.25) is 4.79 Å². The third-order valence-electron chi connectivity index (χ3n) is 3.51. The molecule has 1 aromatic rings. The van der Waals surface area contributed by atoms with Crippen molar-refractivity contribution in [3.63, 3.8) is 0 Å². The minimum atomic E-state index is -0.958. The number of nitrogens with zero attached hydrogens (tertiary/aromatic N) is 1. The SMILES string of the molecule is CN(CC1CCOC1)C(=O)C=Cc1ccc(C(=O)O)cc1. The van der Waals surface area contributed by atoms with Crippen LogP contribution in [0.25, 0.3) is 6.08 Å². The van der Waals surface area contributed by atoms with E-state index in [4.69, 9.17) is 9.84 Å². The molecule has 112 valence electrons. The molecule has 1 saturated heterocycles. The second-order valence-electron chi connectivity index (χ2n) is 5.21. The van der Waals surface area contributed by atoms with Crippen LogP contribution in [0.4, 0.5) is 0 Å². The highest BCUT2D eigenvalue weighted by molar-refractivity contribution is 5.92. The molecular weight excluding hydrogens is 270 g/mol. The quantitative estimate of drug-likeness (QED) is 0.841. The molecule has 0 aliphatic carbocycles. The number of carboxylic acid groups (broad SMARTS) is 1. The summed E-state index contributed by atoms with van der Waals surface area (Å²) in [5.74, 6) is -0.605. The standard InChI is InChI=1S/C16H19NO4/c1-17(10-13-8-9-21-11-13)15(18)7-4-12-2-5-14(6-3-12)16(19)20/h2-7,13H,8-11H2,1H3,(H,19,20). The van der Waals surface area contributed by atoms with Crippen LogP contribution in [0.1, 0.15) is 22.3 Å². The molecule has 1 aliphatic heterocycles. The Labute approximate surface area is 123 Å². The minimum Gasteiger partial charge on any atom is -0.478 e. The predicted molar refractivity (Wildman–Crippen MR) is 79.0 cm³/mol. The van der Waals surface area contributed by atoms with E-state index in [-0.39, 0.29) is 11.5 Å². The lowest BCUT2D eigenvalue weighted by molar-refractivity contribution is -0.125. The van der Waals surface area contributed by atoms with Gasteiger partial charge in [0.05, 0.1) is 12.2 Å². The third-order valence-corrected chi connectivity index (χ3v) is 3.51. The maximum absolute atomic E-state index is 12.0. The fraction of sp³-hybridized carbons (Fsp3) is 0.375. The number of carbonyl (C=O) groups excluding carboxylic acids is 1. The van der Waals surface area contributed by atoms with Gasteiger partial charge in [-0.15, -0.1) is 0 Å². The zero-order valence-corrected chi connectivity index (χ0v) is 12.0. The monoisotopic (exact) mass is 289 g/mol. The number of carbonyl (C=O) groups is 2. The van der Waals surface area contributed by atoms with Crippen molar-refractivity contribution in [3.05, 3.63) is 41.5 Å². The van der Waals surface area contributed by atoms with Crippen molar-refractivity contribution >= 4 is 18.0 Å². The van der Waals surface area contributed by atoms with Crippen molar-refractivity contribution < 1.29 is 19.4 Å². The first-order valence-electron chi connectivity index (χ1n) is 6.90. The number of likely N-dealkylation sites (N-methyl/N-ethyl adjacent to an activating group) is 1. The summed E-state index contributed by atoms with van der Waals surface area (Å²) in [7, 11) is 1.78. The van der Waals surface area contributed by atoms with Crippen LogP contribution >= 0.6 is 0 Å². The largest absolute Gasteiger partial charge is 0.478 e. The van der Waals surface area contributed by atoms with Crippen molar-refractivity contribution in [3.8, 4) is 0 Å². The van der Waals surface area contributed by atoms with Gasteiger partial charge < -0.3 is 14.7 Å². The van der Waals surface area contributed by atoms with E-state index in [1.807, 2.05) is 0 Å². The topological polar surface area (TPSA) is 66.8 Å². The van der Waals surface area contributed by atoms with E-state index in [1.54, 1.807) is 30.2 Å². The lowest BCUT2D eigenvalue weighted by Crippen LogP contribution is -2.30. The van der Waals surface area contributed by atoms with Crippen LogP contribution in [-0.2, 0) is 9.53 Å². The molecule has 5 heteroatoms. The predicted octanol–water partition coefficient (Wildman–Crippen LogP) is 1.89. The Kier molecular flexibility index (Phi) is 5.11. The molecule has 5 nitrogen and oxygen atoms in total. The summed E-state index contributed by atoms with van der Waals surface area (Å²) in [6.07, 6.45) is 4.19. The molecule has 0 saturated carbocycles. The van der Waals surface area contributed by atoms with E-state index >= 15 is 0 Å². The number of amides is 1. The number of ether oxygens (including phenoxy) is 1. The van der Waals surface area contributed by atoms with Crippen LogP contribution in [-0.4, -0.2) is 48.7 Å². The second kappa shape index (κ2) is 7.04. The van der Waals surface area contributed by atoms with Gasteiger partial charge in [-0.2, -0.15) is 0 Å². The second-order valence-corrected chi connectivity index (χ2v) is 5.21. The Hall–Kier alpha value is -2.14. The molecule has 0 spiro atoms. The van der Waals surface area contributed by atoms with Crippen LogP contribution < -0.4 is 0 Å². The average Bonchev–Trinajstić information content (AvgIpc) is 2.98. The molecule has 1 atom stereocenters. The molecule has 21 heavy (non-hydrogen) atoms. The van der Waals surface area contributed by atoms with E-state index < -0.39 is 5.97 Å².